The number of unbranched alkanes of at least 4 members (excludes halogenated alkanes) is 18. The van der Waals surface area contributed by atoms with Gasteiger partial charge in [0.25, 0.3) is 0 Å². The minimum atomic E-state index is -0.683. The van der Waals surface area contributed by atoms with Gasteiger partial charge in [0.05, 0.1) is 5.41 Å². The maximum absolute atomic E-state index is 12.6. The smallest absolute Gasteiger partial charge is 0.309 e. The topological polar surface area (TPSA) is 57.5 Å². The fourth-order valence-corrected chi connectivity index (χ4v) is 5.50. The van der Waals surface area contributed by atoms with Crippen molar-refractivity contribution in [3.05, 3.63) is 29.8 Å². The van der Waals surface area contributed by atoms with E-state index in [-0.39, 0.29) is 5.75 Å². The number of carbonyl (C=O) groups is 1. The van der Waals surface area contributed by atoms with Crippen molar-refractivity contribution in [3.8, 4) is 5.75 Å². The van der Waals surface area contributed by atoms with E-state index in [1.165, 1.54) is 103 Å². The lowest BCUT2D eigenvalue weighted by Gasteiger charge is -2.30. The Morgan fingerprint density at radius 2 is 0.917 bits per heavy atom. The molecule has 208 valence electrons. The van der Waals surface area contributed by atoms with Crippen LogP contribution in [0.2, 0.25) is 0 Å². The Balaban J connectivity index is 2.44. The summed E-state index contributed by atoms with van der Waals surface area (Å²) >= 11 is 0. The number of phenols is 1. The molecule has 0 bridgehead atoms. The Morgan fingerprint density at radius 1 is 0.583 bits per heavy atom. The molecular formula is C33H58O3. The first kappa shape index (κ1) is 32.5. The van der Waals surface area contributed by atoms with Crippen LogP contribution in [0.5, 0.6) is 5.75 Å². The van der Waals surface area contributed by atoms with Crippen LogP contribution in [0.1, 0.15) is 161 Å². The molecule has 0 aliphatic heterocycles. The van der Waals surface area contributed by atoms with Gasteiger partial charge in [-0.2, -0.15) is 0 Å². The lowest BCUT2D eigenvalue weighted by atomic mass is 9.73. The summed E-state index contributed by atoms with van der Waals surface area (Å²) in [6, 6.07) is 7.15. The summed E-state index contributed by atoms with van der Waals surface area (Å²) in [6.07, 6.45) is 27.5. The van der Waals surface area contributed by atoms with Crippen LogP contribution in [0.15, 0.2) is 24.3 Å². The third-order valence-corrected chi connectivity index (χ3v) is 7.95. The molecule has 2 N–H and O–H groups in total. The number of aliphatic carboxylic acids is 1. The highest BCUT2D eigenvalue weighted by Crippen LogP contribution is 2.36. The highest BCUT2D eigenvalue weighted by atomic mass is 16.4. The first-order valence-corrected chi connectivity index (χ1v) is 15.6. The second-order valence-corrected chi connectivity index (χ2v) is 11.3. The van der Waals surface area contributed by atoms with Gasteiger partial charge in [0, 0.05) is 0 Å². The molecule has 1 unspecified atom stereocenters. The van der Waals surface area contributed by atoms with E-state index in [0.717, 1.165) is 44.1 Å². The molecule has 1 rings (SSSR count). The molecular weight excluding hydrogens is 444 g/mol. The highest BCUT2D eigenvalue weighted by molar-refractivity contribution is 5.75. The Labute approximate surface area is 223 Å². The monoisotopic (exact) mass is 502 g/mol. The van der Waals surface area contributed by atoms with Crippen LogP contribution in [0, 0.1) is 5.41 Å². The normalized spacial score (nSPS) is 13.1. The number of aromatic hydroxyl groups is 1. The van der Waals surface area contributed by atoms with Crippen LogP contribution in [-0.2, 0) is 11.2 Å². The van der Waals surface area contributed by atoms with Crippen molar-refractivity contribution >= 4 is 5.97 Å². The van der Waals surface area contributed by atoms with Crippen LogP contribution < -0.4 is 0 Å². The predicted octanol–water partition coefficient (Wildman–Crippen LogP) is 10.6. The van der Waals surface area contributed by atoms with Gasteiger partial charge in [-0.1, -0.05) is 154 Å². The third kappa shape index (κ3) is 15.6. The molecule has 0 spiro atoms. The Hall–Kier alpha value is -1.51. The molecule has 0 radical (unpaired) electrons. The largest absolute Gasteiger partial charge is 0.508 e. The Bertz CT molecular complexity index is 639. The summed E-state index contributed by atoms with van der Waals surface area (Å²) in [5.41, 5.74) is 0.339. The van der Waals surface area contributed by atoms with E-state index in [2.05, 4.69) is 13.8 Å². The molecule has 0 saturated heterocycles. The minimum absolute atomic E-state index is 0.240. The van der Waals surface area contributed by atoms with Crippen LogP contribution >= 0.6 is 0 Å². The van der Waals surface area contributed by atoms with Crippen LogP contribution in [0.3, 0.4) is 0 Å². The van der Waals surface area contributed by atoms with Gasteiger partial charge in [-0.25, -0.2) is 0 Å². The second-order valence-electron chi connectivity index (χ2n) is 11.3. The van der Waals surface area contributed by atoms with E-state index in [1.807, 2.05) is 12.1 Å². The van der Waals surface area contributed by atoms with E-state index < -0.39 is 11.4 Å². The quantitative estimate of drug-likeness (QED) is 0.131. The average Bonchev–Trinajstić information content (AvgIpc) is 2.87. The molecule has 0 heterocycles. The standard InChI is InChI=1S/C33H58O3/c1-3-5-7-9-11-13-14-15-16-18-20-22-28-33(32(35)36,29-30-23-25-31(34)26-24-30)27-21-19-17-12-10-8-6-4-2/h23-26,34H,3-22,27-29H2,1-2H3,(H,35,36). The molecule has 0 aromatic heterocycles. The molecule has 0 saturated carbocycles. The van der Waals surface area contributed by atoms with E-state index in [9.17, 15) is 15.0 Å². The van der Waals surface area contributed by atoms with Gasteiger partial charge >= 0.3 is 5.97 Å². The van der Waals surface area contributed by atoms with Crippen molar-refractivity contribution < 1.29 is 15.0 Å². The van der Waals surface area contributed by atoms with E-state index in [0.29, 0.717) is 6.42 Å². The van der Waals surface area contributed by atoms with Gasteiger partial charge in [0.1, 0.15) is 5.75 Å². The summed E-state index contributed by atoms with van der Waals surface area (Å²) in [5, 5.41) is 20.0. The van der Waals surface area contributed by atoms with Gasteiger partial charge in [0.2, 0.25) is 0 Å². The van der Waals surface area contributed by atoms with Crippen molar-refractivity contribution in [2.45, 2.75) is 162 Å². The van der Waals surface area contributed by atoms with E-state index in [1.54, 1.807) is 12.1 Å². The van der Waals surface area contributed by atoms with E-state index >= 15 is 0 Å². The zero-order chi connectivity index (χ0) is 26.3. The van der Waals surface area contributed by atoms with Crippen molar-refractivity contribution in [2.75, 3.05) is 0 Å². The molecule has 3 heteroatoms. The fraction of sp³-hybridized carbons (Fsp3) is 0.788. The lowest BCUT2D eigenvalue weighted by molar-refractivity contribution is -0.150. The maximum Gasteiger partial charge on any atom is 0.309 e. The van der Waals surface area contributed by atoms with E-state index in [4.69, 9.17) is 0 Å². The number of carboxylic acids is 1. The zero-order valence-corrected chi connectivity index (χ0v) is 23.9. The maximum atomic E-state index is 12.6. The highest BCUT2D eigenvalue weighted by Gasteiger charge is 2.37. The summed E-state index contributed by atoms with van der Waals surface area (Å²) in [4.78, 5) is 12.6. The summed E-state index contributed by atoms with van der Waals surface area (Å²) in [5.74, 6) is -0.398. The van der Waals surface area contributed by atoms with Crippen LogP contribution in [0.4, 0.5) is 0 Å². The van der Waals surface area contributed by atoms with Gasteiger partial charge in [0.15, 0.2) is 0 Å². The van der Waals surface area contributed by atoms with Crippen molar-refractivity contribution in [2.24, 2.45) is 5.41 Å². The predicted molar refractivity (Wildman–Crippen MR) is 155 cm³/mol. The molecule has 0 aliphatic rings. The molecule has 1 atom stereocenters. The van der Waals surface area contributed by atoms with Crippen molar-refractivity contribution in [1.29, 1.82) is 0 Å². The second kappa shape index (κ2) is 21.6. The van der Waals surface area contributed by atoms with Crippen molar-refractivity contribution in [3.63, 3.8) is 0 Å². The molecule has 36 heavy (non-hydrogen) atoms. The Morgan fingerprint density at radius 3 is 1.25 bits per heavy atom. The molecule has 0 amide bonds. The number of rotatable bonds is 25. The van der Waals surface area contributed by atoms with Crippen LogP contribution in [-0.4, -0.2) is 16.2 Å². The summed E-state index contributed by atoms with van der Waals surface area (Å²) in [7, 11) is 0. The zero-order valence-electron chi connectivity index (χ0n) is 23.9. The number of hydrogen-bond acceptors (Lipinski definition) is 2. The molecule has 1 aromatic carbocycles. The molecule has 0 aliphatic carbocycles. The number of hydrogen-bond donors (Lipinski definition) is 2. The Kier molecular flexibility index (Phi) is 19.5. The van der Waals surface area contributed by atoms with Gasteiger partial charge in [-0.15, -0.1) is 0 Å². The SMILES string of the molecule is CCCCCCCCCCCCCCC(CCCCCCCCCC)(Cc1ccc(O)cc1)C(=O)O. The van der Waals surface area contributed by atoms with Gasteiger partial charge in [-0.05, 0) is 37.0 Å². The molecule has 0 fully saturated rings. The van der Waals surface area contributed by atoms with Gasteiger partial charge < -0.3 is 10.2 Å². The third-order valence-electron chi connectivity index (χ3n) is 7.95. The first-order chi connectivity index (χ1) is 17.5. The molecule has 1 aromatic rings. The first-order valence-electron chi connectivity index (χ1n) is 15.6. The summed E-state index contributed by atoms with van der Waals surface area (Å²) < 4.78 is 0. The fourth-order valence-electron chi connectivity index (χ4n) is 5.50. The molecule has 3 nitrogen and oxygen atoms in total. The number of phenolic OH excluding ortho intramolecular Hbond substituents is 1. The van der Waals surface area contributed by atoms with Gasteiger partial charge in [-0.3, -0.25) is 4.79 Å². The average molecular weight is 503 g/mol. The number of carboxylic acid groups (broad SMARTS) is 1. The van der Waals surface area contributed by atoms with Crippen LogP contribution in [0.25, 0.3) is 0 Å². The minimum Gasteiger partial charge on any atom is -0.508 e. The summed E-state index contributed by atoms with van der Waals surface area (Å²) in [6.45, 7) is 4.51. The lowest BCUT2D eigenvalue weighted by Crippen LogP contribution is -2.33. The van der Waals surface area contributed by atoms with Crippen molar-refractivity contribution in [1.82, 2.24) is 0 Å². The number of benzene rings is 1.